The average molecular weight is 415 g/mol. The molecule has 4 rings (SSSR count). The van der Waals surface area contributed by atoms with Gasteiger partial charge in [-0.15, -0.1) is 0 Å². The number of ether oxygens (including phenoxy) is 5. The summed E-state index contributed by atoms with van der Waals surface area (Å²) in [6.45, 7) is 6.25. The van der Waals surface area contributed by atoms with Crippen LogP contribution in [0, 0.1) is 0 Å². The molecule has 0 unspecified atom stereocenters. The monoisotopic (exact) mass is 414 g/mol. The fourth-order valence-electron chi connectivity index (χ4n) is 3.75. The van der Waals surface area contributed by atoms with Gasteiger partial charge in [0.1, 0.15) is 5.75 Å². The molecule has 0 saturated carbocycles. The van der Waals surface area contributed by atoms with Crippen molar-refractivity contribution in [1.82, 2.24) is 9.88 Å². The van der Waals surface area contributed by atoms with Gasteiger partial charge in [-0.3, -0.25) is 4.90 Å². The van der Waals surface area contributed by atoms with Gasteiger partial charge in [-0.25, -0.2) is 4.98 Å². The van der Waals surface area contributed by atoms with Crippen molar-refractivity contribution in [2.24, 2.45) is 0 Å². The number of hydrogen-bond acceptors (Lipinski definition) is 7. The second-order valence-electron chi connectivity index (χ2n) is 7.43. The number of aromatic nitrogens is 1. The van der Waals surface area contributed by atoms with E-state index in [-0.39, 0.29) is 6.29 Å². The first kappa shape index (κ1) is 21.1. The Labute approximate surface area is 177 Å². The van der Waals surface area contributed by atoms with Crippen LogP contribution in [0.15, 0.2) is 36.5 Å². The Morgan fingerprint density at radius 3 is 2.73 bits per heavy atom. The van der Waals surface area contributed by atoms with Crippen LogP contribution in [0.3, 0.4) is 0 Å². The molecule has 3 heterocycles. The summed E-state index contributed by atoms with van der Waals surface area (Å²) < 4.78 is 28.4. The molecular weight excluding hydrogens is 384 g/mol. The van der Waals surface area contributed by atoms with Crippen LogP contribution in [0.25, 0.3) is 11.1 Å². The number of rotatable bonds is 8. The molecule has 2 aromatic rings. The highest BCUT2D eigenvalue weighted by Gasteiger charge is 2.18. The van der Waals surface area contributed by atoms with Crippen LogP contribution in [0.2, 0.25) is 0 Å². The molecule has 0 spiro atoms. The van der Waals surface area contributed by atoms with E-state index in [0.717, 1.165) is 81.3 Å². The number of methoxy groups -OCH3 is 1. The van der Waals surface area contributed by atoms with Gasteiger partial charge in [0.05, 0.1) is 40.1 Å². The van der Waals surface area contributed by atoms with Gasteiger partial charge < -0.3 is 23.7 Å². The standard InChI is InChI=1S/C23H30N2O5/c1-26-23-20(4-2-8-24-23)18-5-6-21(28-13-7-22-29-11-3-12-30-22)19(16-18)17-25-9-14-27-15-10-25/h2,4-6,8,16,22H,3,7,9-15,17H2,1H3. The smallest absolute Gasteiger partial charge is 0.221 e. The van der Waals surface area contributed by atoms with E-state index < -0.39 is 0 Å². The van der Waals surface area contributed by atoms with Crippen molar-refractivity contribution >= 4 is 0 Å². The minimum atomic E-state index is -0.166. The minimum absolute atomic E-state index is 0.166. The van der Waals surface area contributed by atoms with E-state index in [4.69, 9.17) is 23.7 Å². The maximum absolute atomic E-state index is 6.16. The second-order valence-corrected chi connectivity index (χ2v) is 7.43. The van der Waals surface area contributed by atoms with E-state index in [2.05, 4.69) is 22.0 Å². The maximum atomic E-state index is 6.16. The molecule has 2 aliphatic rings. The Bertz CT molecular complexity index is 804. The zero-order valence-corrected chi connectivity index (χ0v) is 17.5. The molecule has 0 radical (unpaired) electrons. The number of hydrogen-bond donors (Lipinski definition) is 0. The third-order valence-corrected chi connectivity index (χ3v) is 5.34. The zero-order valence-electron chi connectivity index (χ0n) is 17.5. The van der Waals surface area contributed by atoms with Crippen LogP contribution in [-0.4, -0.2) is 69.4 Å². The first-order valence-corrected chi connectivity index (χ1v) is 10.6. The molecule has 2 saturated heterocycles. The van der Waals surface area contributed by atoms with Crippen LogP contribution in [0.1, 0.15) is 18.4 Å². The molecule has 0 N–H and O–H groups in total. The lowest BCUT2D eigenvalue weighted by Gasteiger charge is -2.28. The van der Waals surface area contributed by atoms with E-state index in [1.54, 1.807) is 13.3 Å². The van der Waals surface area contributed by atoms with Gasteiger partial charge in [-0.2, -0.15) is 0 Å². The lowest BCUT2D eigenvalue weighted by Crippen LogP contribution is -2.35. The molecule has 0 aliphatic carbocycles. The van der Waals surface area contributed by atoms with Crippen molar-refractivity contribution in [1.29, 1.82) is 0 Å². The fraction of sp³-hybridized carbons (Fsp3) is 0.522. The lowest BCUT2D eigenvalue weighted by atomic mass is 10.0. The molecule has 2 fully saturated rings. The van der Waals surface area contributed by atoms with E-state index in [0.29, 0.717) is 12.5 Å². The highest BCUT2D eigenvalue weighted by Crippen LogP contribution is 2.32. The molecule has 30 heavy (non-hydrogen) atoms. The van der Waals surface area contributed by atoms with E-state index >= 15 is 0 Å². The summed E-state index contributed by atoms with van der Waals surface area (Å²) in [5.41, 5.74) is 3.18. The Balaban J connectivity index is 1.51. The van der Waals surface area contributed by atoms with Gasteiger partial charge in [0.25, 0.3) is 0 Å². The predicted molar refractivity (Wildman–Crippen MR) is 113 cm³/mol. The topological polar surface area (TPSA) is 62.3 Å². The van der Waals surface area contributed by atoms with Gasteiger partial charge in [0.15, 0.2) is 6.29 Å². The average Bonchev–Trinajstić information content (AvgIpc) is 2.81. The molecule has 2 aliphatic heterocycles. The fourth-order valence-corrected chi connectivity index (χ4v) is 3.75. The second kappa shape index (κ2) is 10.7. The van der Waals surface area contributed by atoms with Crippen LogP contribution in [0.4, 0.5) is 0 Å². The SMILES string of the molecule is COc1ncccc1-c1ccc(OCCC2OCCCO2)c(CN2CCOCC2)c1. The van der Waals surface area contributed by atoms with E-state index in [1.807, 2.05) is 18.2 Å². The molecule has 7 heteroatoms. The lowest BCUT2D eigenvalue weighted by molar-refractivity contribution is -0.183. The van der Waals surface area contributed by atoms with Crippen LogP contribution >= 0.6 is 0 Å². The summed E-state index contributed by atoms with van der Waals surface area (Å²) >= 11 is 0. The van der Waals surface area contributed by atoms with Gasteiger partial charge in [-0.1, -0.05) is 6.07 Å². The summed E-state index contributed by atoms with van der Waals surface area (Å²) in [6, 6.07) is 10.2. The van der Waals surface area contributed by atoms with Gasteiger partial charge in [0, 0.05) is 43.4 Å². The van der Waals surface area contributed by atoms with Gasteiger partial charge in [0.2, 0.25) is 5.88 Å². The maximum Gasteiger partial charge on any atom is 0.221 e. The van der Waals surface area contributed by atoms with Crippen LogP contribution in [0.5, 0.6) is 11.6 Å². The minimum Gasteiger partial charge on any atom is -0.493 e. The third-order valence-electron chi connectivity index (χ3n) is 5.34. The van der Waals surface area contributed by atoms with Crippen molar-refractivity contribution in [2.75, 3.05) is 53.2 Å². The Morgan fingerprint density at radius 2 is 1.93 bits per heavy atom. The summed E-state index contributed by atoms with van der Waals surface area (Å²) in [4.78, 5) is 6.73. The molecule has 7 nitrogen and oxygen atoms in total. The summed E-state index contributed by atoms with van der Waals surface area (Å²) in [5.74, 6) is 1.51. The number of morpholine rings is 1. The largest absolute Gasteiger partial charge is 0.493 e. The van der Waals surface area contributed by atoms with Crippen LogP contribution in [-0.2, 0) is 20.8 Å². The first-order chi connectivity index (χ1) is 14.8. The molecule has 1 aromatic carbocycles. The van der Waals surface area contributed by atoms with Crippen molar-refractivity contribution in [3.63, 3.8) is 0 Å². The quantitative estimate of drug-likeness (QED) is 0.658. The van der Waals surface area contributed by atoms with Gasteiger partial charge in [-0.05, 0) is 36.2 Å². The summed E-state index contributed by atoms with van der Waals surface area (Å²) in [5, 5.41) is 0. The van der Waals surface area contributed by atoms with Crippen molar-refractivity contribution in [3.05, 3.63) is 42.1 Å². The van der Waals surface area contributed by atoms with Crippen LogP contribution < -0.4 is 9.47 Å². The number of benzene rings is 1. The van der Waals surface area contributed by atoms with E-state index in [9.17, 15) is 0 Å². The van der Waals surface area contributed by atoms with E-state index in [1.165, 1.54) is 0 Å². The number of nitrogens with zero attached hydrogens (tertiary/aromatic N) is 2. The Kier molecular flexibility index (Phi) is 7.53. The Hall–Kier alpha value is -2.19. The number of pyridine rings is 1. The molecule has 0 bridgehead atoms. The van der Waals surface area contributed by atoms with Crippen molar-refractivity contribution < 1.29 is 23.7 Å². The third kappa shape index (κ3) is 5.49. The summed E-state index contributed by atoms with van der Waals surface area (Å²) in [6.07, 6.45) is 3.25. The van der Waals surface area contributed by atoms with Crippen molar-refractivity contribution in [2.45, 2.75) is 25.7 Å². The highest BCUT2D eigenvalue weighted by atomic mass is 16.7. The molecule has 1 aromatic heterocycles. The Morgan fingerprint density at radius 1 is 1.10 bits per heavy atom. The molecule has 162 valence electrons. The highest BCUT2D eigenvalue weighted by molar-refractivity contribution is 5.70. The summed E-state index contributed by atoms with van der Waals surface area (Å²) in [7, 11) is 1.65. The zero-order chi connectivity index (χ0) is 20.6. The predicted octanol–water partition coefficient (Wildman–Crippen LogP) is 3.12. The van der Waals surface area contributed by atoms with Crippen molar-refractivity contribution in [3.8, 4) is 22.8 Å². The normalized spacial score (nSPS) is 18.3. The van der Waals surface area contributed by atoms with Gasteiger partial charge >= 0.3 is 0 Å². The first-order valence-electron chi connectivity index (χ1n) is 10.6. The molecular formula is C23H30N2O5. The molecule has 0 atom stereocenters. The molecule has 0 amide bonds.